The molecule has 2 aliphatic heterocycles. The van der Waals surface area contributed by atoms with Gasteiger partial charge in [-0.1, -0.05) is 0 Å². The number of carbonyl (C=O) groups excluding carboxylic acids is 1. The standard InChI is InChI=1S/C12H15N3O5/c1-18-7-20-11-8(16)2-3-15-10(11)12(17)14-4-5-19-6-9(14)13-15/h2-3,9,13H,4-7H2,1H3/t9-/m0/s1. The van der Waals surface area contributed by atoms with Gasteiger partial charge in [0, 0.05) is 25.9 Å². The highest BCUT2D eigenvalue weighted by molar-refractivity contribution is 5.96. The van der Waals surface area contributed by atoms with Crippen molar-refractivity contribution in [2.24, 2.45) is 0 Å². The van der Waals surface area contributed by atoms with Crippen molar-refractivity contribution in [1.82, 2.24) is 9.58 Å². The summed E-state index contributed by atoms with van der Waals surface area (Å²) in [6, 6.07) is 1.34. The van der Waals surface area contributed by atoms with Gasteiger partial charge in [-0.15, -0.1) is 0 Å². The molecule has 1 saturated heterocycles. The van der Waals surface area contributed by atoms with Gasteiger partial charge in [0.15, 0.2) is 12.5 Å². The molecule has 108 valence electrons. The molecule has 1 N–H and O–H groups in total. The third-order valence-corrected chi connectivity index (χ3v) is 3.26. The number of nitrogens with zero attached hydrogens (tertiary/aromatic N) is 2. The molecule has 2 aliphatic rings. The van der Waals surface area contributed by atoms with E-state index in [0.29, 0.717) is 19.8 Å². The first kappa shape index (κ1) is 12.9. The highest BCUT2D eigenvalue weighted by Gasteiger charge is 2.36. The van der Waals surface area contributed by atoms with Gasteiger partial charge < -0.3 is 24.5 Å². The number of fused-ring (bicyclic) bond motifs is 2. The average molecular weight is 281 g/mol. The molecule has 1 aromatic heterocycles. The fourth-order valence-corrected chi connectivity index (χ4v) is 2.33. The lowest BCUT2D eigenvalue weighted by molar-refractivity contribution is -0.00416. The summed E-state index contributed by atoms with van der Waals surface area (Å²) in [5.41, 5.74) is 2.95. The summed E-state index contributed by atoms with van der Waals surface area (Å²) in [6.07, 6.45) is 1.28. The van der Waals surface area contributed by atoms with Crippen LogP contribution in [0.25, 0.3) is 0 Å². The minimum absolute atomic E-state index is 0.00297. The predicted molar refractivity (Wildman–Crippen MR) is 68.2 cm³/mol. The molecule has 1 fully saturated rings. The van der Waals surface area contributed by atoms with Crippen LogP contribution in [0.4, 0.5) is 0 Å². The van der Waals surface area contributed by atoms with Crippen molar-refractivity contribution in [2.45, 2.75) is 6.17 Å². The molecule has 0 aliphatic carbocycles. The SMILES string of the molecule is COCOc1c2n(ccc1=O)N[C@@H]1COCCN1C2=O. The Morgan fingerprint density at radius 2 is 2.35 bits per heavy atom. The Kier molecular flexibility index (Phi) is 3.33. The molecule has 1 amide bonds. The number of ether oxygens (including phenoxy) is 3. The molecule has 0 aromatic carbocycles. The largest absolute Gasteiger partial charge is 0.461 e. The zero-order valence-electron chi connectivity index (χ0n) is 11.0. The van der Waals surface area contributed by atoms with Crippen molar-refractivity contribution in [3.8, 4) is 5.75 Å². The normalized spacial score (nSPS) is 20.9. The quantitative estimate of drug-likeness (QED) is 0.730. The van der Waals surface area contributed by atoms with E-state index in [-0.39, 0.29) is 35.7 Å². The van der Waals surface area contributed by atoms with Crippen LogP contribution >= 0.6 is 0 Å². The summed E-state index contributed by atoms with van der Waals surface area (Å²) < 4.78 is 16.9. The number of carbonyl (C=O) groups is 1. The second kappa shape index (κ2) is 5.14. The number of hydrogen-bond acceptors (Lipinski definition) is 6. The molecule has 3 heterocycles. The summed E-state index contributed by atoms with van der Waals surface area (Å²) in [6.45, 7) is 1.27. The van der Waals surface area contributed by atoms with Crippen LogP contribution in [0.15, 0.2) is 17.1 Å². The Morgan fingerprint density at radius 3 is 3.15 bits per heavy atom. The van der Waals surface area contributed by atoms with Gasteiger partial charge in [0.2, 0.25) is 11.2 Å². The number of hydrogen-bond donors (Lipinski definition) is 1. The first-order chi connectivity index (χ1) is 9.72. The molecule has 0 radical (unpaired) electrons. The van der Waals surface area contributed by atoms with Crippen LogP contribution in [-0.2, 0) is 9.47 Å². The molecule has 0 unspecified atom stereocenters. The van der Waals surface area contributed by atoms with Gasteiger partial charge in [0.05, 0.1) is 13.2 Å². The van der Waals surface area contributed by atoms with E-state index >= 15 is 0 Å². The van der Waals surface area contributed by atoms with Gasteiger partial charge >= 0.3 is 0 Å². The van der Waals surface area contributed by atoms with Crippen LogP contribution in [0.3, 0.4) is 0 Å². The molecule has 0 saturated carbocycles. The molecule has 0 bridgehead atoms. The minimum Gasteiger partial charge on any atom is -0.461 e. The van der Waals surface area contributed by atoms with Gasteiger partial charge in [0.25, 0.3) is 5.91 Å². The summed E-state index contributed by atoms with van der Waals surface area (Å²) in [5, 5.41) is 0. The number of amides is 1. The molecule has 1 aromatic rings. The third kappa shape index (κ3) is 2.02. The Bertz CT molecular complexity index is 585. The average Bonchev–Trinajstić information content (AvgIpc) is 2.47. The number of morpholine rings is 1. The molecule has 0 spiro atoms. The van der Waals surface area contributed by atoms with E-state index in [4.69, 9.17) is 14.2 Å². The van der Waals surface area contributed by atoms with E-state index < -0.39 is 0 Å². The summed E-state index contributed by atoms with van der Waals surface area (Å²) >= 11 is 0. The lowest BCUT2D eigenvalue weighted by Gasteiger charge is -2.41. The van der Waals surface area contributed by atoms with Crippen LogP contribution in [0.1, 0.15) is 10.5 Å². The molecule has 8 nitrogen and oxygen atoms in total. The Morgan fingerprint density at radius 1 is 1.50 bits per heavy atom. The highest BCUT2D eigenvalue weighted by Crippen LogP contribution is 2.22. The van der Waals surface area contributed by atoms with Crippen molar-refractivity contribution in [1.29, 1.82) is 0 Å². The van der Waals surface area contributed by atoms with Gasteiger partial charge in [-0.25, -0.2) is 0 Å². The fourth-order valence-electron chi connectivity index (χ4n) is 2.33. The van der Waals surface area contributed by atoms with Crippen molar-refractivity contribution < 1.29 is 19.0 Å². The molecule has 20 heavy (non-hydrogen) atoms. The third-order valence-electron chi connectivity index (χ3n) is 3.26. The van der Waals surface area contributed by atoms with Crippen molar-refractivity contribution in [3.63, 3.8) is 0 Å². The van der Waals surface area contributed by atoms with Crippen LogP contribution in [0.5, 0.6) is 5.75 Å². The monoisotopic (exact) mass is 281 g/mol. The number of rotatable bonds is 3. The molecular formula is C12H15N3O5. The zero-order valence-corrected chi connectivity index (χ0v) is 11.0. The predicted octanol–water partition coefficient (Wildman–Crippen LogP) is -0.813. The lowest BCUT2D eigenvalue weighted by Crippen LogP contribution is -2.59. The number of aromatic nitrogens is 1. The lowest BCUT2D eigenvalue weighted by atomic mass is 10.2. The highest BCUT2D eigenvalue weighted by atomic mass is 16.7. The summed E-state index contributed by atoms with van der Waals surface area (Å²) in [4.78, 5) is 26.1. The van der Waals surface area contributed by atoms with Crippen LogP contribution in [0.2, 0.25) is 0 Å². The summed E-state index contributed by atoms with van der Waals surface area (Å²) in [5.74, 6) is -0.252. The van der Waals surface area contributed by atoms with Crippen molar-refractivity contribution in [3.05, 3.63) is 28.2 Å². The summed E-state index contributed by atoms with van der Waals surface area (Å²) in [7, 11) is 1.45. The van der Waals surface area contributed by atoms with E-state index in [1.165, 1.54) is 24.0 Å². The first-order valence-electron chi connectivity index (χ1n) is 6.25. The Balaban J connectivity index is 2.04. The Labute approximate surface area is 114 Å². The Hall–Kier alpha value is -2.06. The number of nitrogens with one attached hydrogen (secondary N) is 1. The van der Waals surface area contributed by atoms with Gasteiger partial charge in [-0.3, -0.25) is 14.3 Å². The van der Waals surface area contributed by atoms with Crippen LogP contribution in [0, 0.1) is 0 Å². The molecule has 8 heteroatoms. The second-order valence-electron chi connectivity index (χ2n) is 4.50. The van der Waals surface area contributed by atoms with E-state index in [9.17, 15) is 9.59 Å². The maximum absolute atomic E-state index is 12.5. The van der Waals surface area contributed by atoms with Gasteiger partial charge in [-0.2, -0.15) is 0 Å². The van der Waals surface area contributed by atoms with E-state index in [0.717, 1.165) is 0 Å². The topological polar surface area (TPSA) is 82.0 Å². The van der Waals surface area contributed by atoms with Crippen molar-refractivity contribution in [2.75, 3.05) is 39.1 Å². The van der Waals surface area contributed by atoms with E-state index in [2.05, 4.69) is 5.43 Å². The number of pyridine rings is 1. The number of methoxy groups -OCH3 is 1. The fraction of sp³-hybridized carbons (Fsp3) is 0.500. The smallest absolute Gasteiger partial charge is 0.278 e. The van der Waals surface area contributed by atoms with Gasteiger partial charge in [-0.05, 0) is 0 Å². The molecule has 1 atom stereocenters. The van der Waals surface area contributed by atoms with Crippen LogP contribution in [-0.4, -0.2) is 55.3 Å². The maximum Gasteiger partial charge on any atom is 0.278 e. The zero-order chi connectivity index (χ0) is 14.1. The van der Waals surface area contributed by atoms with E-state index in [1.54, 1.807) is 4.90 Å². The first-order valence-corrected chi connectivity index (χ1v) is 6.25. The molecular weight excluding hydrogens is 266 g/mol. The minimum atomic E-state index is -0.352. The van der Waals surface area contributed by atoms with Gasteiger partial charge in [0.1, 0.15) is 6.17 Å². The molecule has 3 rings (SSSR count). The maximum atomic E-state index is 12.5. The van der Waals surface area contributed by atoms with E-state index in [1.807, 2.05) is 0 Å². The second-order valence-corrected chi connectivity index (χ2v) is 4.50. The van der Waals surface area contributed by atoms with Crippen molar-refractivity contribution >= 4 is 5.91 Å². The van der Waals surface area contributed by atoms with Crippen LogP contribution < -0.4 is 15.6 Å².